The Morgan fingerprint density at radius 2 is 1.87 bits per heavy atom. The minimum Gasteiger partial charge on any atom is -0.357 e. The van der Waals surface area contributed by atoms with E-state index in [1.54, 1.807) is 25.1 Å². The second kappa shape index (κ2) is 13.1. The smallest absolute Gasteiger partial charge is 0.230 e. The minimum absolute atomic E-state index is 0. The Morgan fingerprint density at radius 1 is 1.19 bits per heavy atom. The van der Waals surface area contributed by atoms with Crippen molar-refractivity contribution in [1.82, 2.24) is 15.5 Å². The fourth-order valence-electron chi connectivity index (χ4n) is 3.77. The second-order valence-electron chi connectivity index (χ2n) is 8.09. The predicted octanol–water partition coefficient (Wildman–Crippen LogP) is 3.80. The van der Waals surface area contributed by atoms with Gasteiger partial charge in [-0.25, -0.2) is 0 Å². The van der Waals surface area contributed by atoms with Gasteiger partial charge in [-0.15, -0.1) is 24.0 Å². The lowest BCUT2D eigenvalue weighted by molar-refractivity contribution is -0.138. The van der Waals surface area contributed by atoms with E-state index in [1.165, 1.54) is 0 Å². The average molecular weight is 564 g/mol. The standard InChI is InChI=1S/C22H34ClN5O2.HI/c1-5-24-21(26-15-22(11-6-7-12-22)20(30)28(3)4)25-13-10-19(29)27-18-9-8-16(2)14-17(18)23;/h8-9,14H,5-7,10-13,15H2,1-4H3,(H,27,29)(H2,24,25,26);1H. The Labute approximate surface area is 207 Å². The first-order chi connectivity index (χ1) is 14.3. The van der Waals surface area contributed by atoms with Crippen molar-refractivity contribution >= 4 is 59.0 Å². The van der Waals surface area contributed by atoms with Gasteiger partial charge in [0, 0.05) is 33.6 Å². The zero-order chi connectivity index (χ0) is 22.1. The fraction of sp³-hybridized carbons (Fsp3) is 0.591. The topological polar surface area (TPSA) is 85.8 Å². The summed E-state index contributed by atoms with van der Waals surface area (Å²) < 4.78 is 0. The SMILES string of the molecule is CCNC(=NCC1(C(=O)N(C)C)CCCC1)NCCC(=O)Nc1ccc(C)cc1Cl.I. The molecule has 2 rings (SSSR count). The molecule has 0 saturated heterocycles. The summed E-state index contributed by atoms with van der Waals surface area (Å²) in [6.45, 7) is 5.51. The Kier molecular flexibility index (Phi) is 11.6. The lowest BCUT2D eigenvalue weighted by Crippen LogP contribution is -2.43. The van der Waals surface area contributed by atoms with Crippen LogP contribution in [0.2, 0.25) is 5.02 Å². The third-order valence-corrected chi connectivity index (χ3v) is 5.66. The van der Waals surface area contributed by atoms with Crippen molar-refractivity contribution in [3.63, 3.8) is 0 Å². The number of carbonyl (C=O) groups is 2. The van der Waals surface area contributed by atoms with Crippen LogP contribution in [0, 0.1) is 12.3 Å². The van der Waals surface area contributed by atoms with Crippen molar-refractivity contribution in [1.29, 1.82) is 0 Å². The van der Waals surface area contributed by atoms with Crippen LogP contribution in [-0.2, 0) is 9.59 Å². The van der Waals surface area contributed by atoms with Crippen LogP contribution in [0.4, 0.5) is 5.69 Å². The minimum atomic E-state index is -0.411. The third-order valence-electron chi connectivity index (χ3n) is 5.35. The fourth-order valence-corrected chi connectivity index (χ4v) is 4.05. The number of aryl methyl sites for hydroxylation is 1. The number of hydrogen-bond acceptors (Lipinski definition) is 3. The van der Waals surface area contributed by atoms with E-state index in [-0.39, 0.29) is 42.2 Å². The molecule has 1 aromatic rings. The lowest BCUT2D eigenvalue weighted by atomic mass is 9.85. The quantitative estimate of drug-likeness (QED) is 0.255. The van der Waals surface area contributed by atoms with Crippen LogP contribution < -0.4 is 16.0 Å². The number of halogens is 2. The summed E-state index contributed by atoms with van der Waals surface area (Å²) in [5.41, 5.74) is 1.24. The van der Waals surface area contributed by atoms with Gasteiger partial charge in [-0.1, -0.05) is 30.5 Å². The molecular formula is C22H35ClIN5O2. The van der Waals surface area contributed by atoms with E-state index < -0.39 is 5.41 Å². The zero-order valence-electron chi connectivity index (χ0n) is 18.9. The van der Waals surface area contributed by atoms with Gasteiger partial charge in [-0.05, 0) is 44.4 Å². The van der Waals surface area contributed by atoms with E-state index in [0.717, 1.165) is 31.2 Å². The summed E-state index contributed by atoms with van der Waals surface area (Å²) in [6, 6.07) is 5.53. The highest BCUT2D eigenvalue weighted by atomic mass is 127. The first-order valence-corrected chi connectivity index (χ1v) is 10.9. The van der Waals surface area contributed by atoms with Gasteiger partial charge < -0.3 is 20.9 Å². The van der Waals surface area contributed by atoms with Crippen molar-refractivity contribution in [2.45, 2.75) is 46.0 Å². The molecular weight excluding hydrogens is 529 g/mol. The van der Waals surface area contributed by atoms with Crippen molar-refractivity contribution in [2.75, 3.05) is 39.0 Å². The molecule has 3 N–H and O–H groups in total. The van der Waals surface area contributed by atoms with Crippen LogP contribution in [0.15, 0.2) is 23.2 Å². The number of aliphatic imine (C=N–C) groups is 1. The molecule has 0 aromatic heterocycles. The molecule has 1 fully saturated rings. The number of guanidine groups is 1. The van der Waals surface area contributed by atoms with Crippen LogP contribution in [0.3, 0.4) is 0 Å². The molecule has 174 valence electrons. The number of amides is 2. The molecule has 0 bridgehead atoms. The number of anilines is 1. The molecule has 1 aromatic carbocycles. The number of hydrogen-bond donors (Lipinski definition) is 3. The van der Waals surface area contributed by atoms with Crippen LogP contribution >= 0.6 is 35.6 Å². The van der Waals surface area contributed by atoms with Gasteiger partial charge in [-0.2, -0.15) is 0 Å². The number of carbonyl (C=O) groups excluding carboxylic acids is 2. The van der Waals surface area contributed by atoms with E-state index in [4.69, 9.17) is 11.6 Å². The van der Waals surface area contributed by atoms with Crippen molar-refractivity contribution < 1.29 is 9.59 Å². The molecule has 0 atom stereocenters. The molecule has 31 heavy (non-hydrogen) atoms. The molecule has 9 heteroatoms. The predicted molar refractivity (Wildman–Crippen MR) is 138 cm³/mol. The molecule has 0 aliphatic heterocycles. The van der Waals surface area contributed by atoms with Gasteiger partial charge in [0.15, 0.2) is 5.96 Å². The van der Waals surface area contributed by atoms with Crippen LogP contribution in [0.25, 0.3) is 0 Å². The van der Waals surface area contributed by atoms with E-state index in [0.29, 0.717) is 36.3 Å². The molecule has 2 amide bonds. The van der Waals surface area contributed by atoms with E-state index in [1.807, 2.05) is 26.0 Å². The molecule has 7 nitrogen and oxygen atoms in total. The lowest BCUT2D eigenvalue weighted by Gasteiger charge is -2.29. The Morgan fingerprint density at radius 3 is 2.45 bits per heavy atom. The summed E-state index contributed by atoms with van der Waals surface area (Å²) in [6.07, 6.45) is 4.12. The van der Waals surface area contributed by atoms with Crippen LogP contribution in [0.5, 0.6) is 0 Å². The summed E-state index contributed by atoms with van der Waals surface area (Å²) in [5.74, 6) is 0.643. The summed E-state index contributed by atoms with van der Waals surface area (Å²) in [4.78, 5) is 31.3. The summed E-state index contributed by atoms with van der Waals surface area (Å²) >= 11 is 6.17. The number of nitrogens with zero attached hydrogens (tertiary/aromatic N) is 2. The Bertz CT molecular complexity index is 779. The molecule has 1 aliphatic rings. The van der Waals surface area contributed by atoms with Gasteiger partial charge in [0.05, 0.1) is 22.7 Å². The number of benzene rings is 1. The third kappa shape index (κ3) is 8.14. The zero-order valence-corrected chi connectivity index (χ0v) is 22.0. The largest absolute Gasteiger partial charge is 0.357 e. The maximum Gasteiger partial charge on any atom is 0.230 e. The molecule has 1 saturated carbocycles. The summed E-state index contributed by atoms with van der Waals surface area (Å²) in [5, 5.41) is 9.74. The van der Waals surface area contributed by atoms with E-state index in [2.05, 4.69) is 20.9 Å². The first kappa shape index (κ1) is 27.5. The molecule has 0 radical (unpaired) electrons. The second-order valence-corrected chi connectivity index (χ2v) is 8.50. The molecule has 0 unspecified atom stereocenters. The van der Waals surface area contributed by atoms with Crippen LogP contribution in [-0.4, -0.2) is 56.4 Å². The average Bonchev–Trinajstić information content (AvgIpc) is 3.17. The normalized spacial score (nSPS) is 15.1. The maximum absolute atomic E-state index is 12.7. The number of nitrogens with one attached hydrogen (secondary N) is 3. The van der Waals surface area contributed by atoms with Gasteiger partial charge in [0.2, 0.25) is 11.8 Å². The highest BCUT2D eigenvalue weighted by Crippen LogP contribution is 2.39. The number of rotatable bonds is 8. The first-order valence-electron chi connectivity index (χ1n) is 10.6. The van der Waals surface area contributed by atoms with Gasteiger partial charge in [0.25, 0.3) is 0 Å². The van der Waals surface area contributed by atoms with Gasteiger partial charge in [-0.3, -0.25) is 14.6 Å². The molecule has 0 spiro atoms. The molecule has 1 aliphatic carbocycles. The highest BCUT2D eigenvalue weighted by Gasteiger charge is 2.42. The monoisotopic (exact) mass is 563 g/mol. The van der Waals surface area contributed by atoms with Crippen molar-refractivity contribution in [3.05, 3.63) is 28.8 Å². The Hall–Kier alpha value is -1.55. The van der Waals surface area contributed by atoms with Crippen LogP contribution in [0.1, 0.15) is 44.6 Å². The van der Waals surface area contributed by atoms with Crippen molar-refractivity contribution in [3.8, 4) is 0 Å². The molecule has 0 heterocycles. The van der Waals surface area contributed by atoms with Gasteiger partial charge in [0.1, 0.15) is 0 Å². The van der Waals surface area contributed by atoms with E-state index in [9.17, 15) is 9.59 Å². The van der Waals surface area contributed by atoms with Crippen molar-refractivity contribution in [2.24, 2.45) is 10.4 Å². The summed E-state index contributed by atoms with van der Waals surface area (Å²) in [7, 11) is 3.60. The Balaban J connectivity index is 0.00000480. The maximum atomic E-state index is 12.7. The van der Waals surface area contributed by atoms with Gasteiger partial charge >= 0.3 is 0 Å². The highest BCUT2D eigenvalue weighted by molar-refractivity contribution is 14.0. The van der Waals surface area contributed by atoms with E-state index >= 15 is 0 Å².